The Morgan fingerprint density at radius 3 is 0.875 bits per heavy atom. The van der Waals surface area contributed by atoms with Gasteiger partial charge in [0.15, 0.2) is 0 Å². The first kappa shape index (κ1) is 16.7. The Morgan fingerprint density at radius 2 is 0.625 bits per heavy atom. The maximum absolute atomic E-state index is 2.34. The van der Waals surface area contributed by atoms with Gasteiger partial charge in [0.1, 0.15) is 0 Å². The Balaban J connectivity index is 1.66. The average molecular weight is 507 g/mol. The van der Waals surface area contributed by atoms with Crippen molar-refractivity contribution in [2.24, 2.45) is 0 Å². The fourth-order valence-electron chi connectivity index (χ4n) is 2.73. The van der Waals surface area contributed by atoms with Gasteiger partial charge in [-0.3, -0.25) is 0 Å². The van der Waals surface area contributed by atoms with Crippen LogP contribution in [0.3, 0.4) is 0 Å². The molecule has 0 amide bonds. The molecular formula is C21H18Se3. The first-order valence-corrected chi connectivity index (χ1v) is 13.9. The van der Waals surface area contributed by atoms with Crippen molar-refractivity contribution >= 4 is 44.9 Å². The third-order valence-corrected chi connectivity index (χ3v) is 17.8. The van der Waals surface area contributed by atoms with Crippen molar-refractivity contribution in [2.45, 2.75) is 11.1 Å². The summed E-state index contributed by atoms with van der Waals surface area (Å²) in [7, 11) is 0. The van der Waals surface area contributed by atoms with Crippen molar-refractivity contribution in [2.75, 3.05) is 0 Å². The van der Waals surface area contributed by atoms with E-state index >= 15 is 0 Å². The predicted octanol–water partition coefficient (Wildman–Crippen LogP) is 4.21. The van der Waals surface area contributed by atoms with E-state index in [1.54, 1.807) is 16.7 Å². The van der Waals surface area contributed by atoms with Crippen LogP contribution in [0.25, 0.3) is 0 Å². The van der Waals surface area contributed by atoms with Crippen LogP contribution in [0.15, 0.2) is 91.0 Å². The SMILES string of the molecule is c1ccc(C2[Se]C(c3ccccc3)[Se]C(c3ccccc3)[Se]2)cc1. The van der Waals surface area contributed by atoms with Crippen LogP contribution in [-0.4, -0.2) is 44.9 Å². The molecule has 0 bridgehead atoms. The standard InChI is InChI=1S/C21H18Se3/c1-4-10-16(11-5-1)19-22-20(17-12-6-2-7-13-17)24-21(23-19)18-14-8-3-9-15-18/h1-15,19-21H. The summed E-state index contributed by atoms with van der Waals surface area (Å²) in [5, 5.41) is 0. The molecular weight excluding hydrogens is 489 g/mol. The molecule has 3 aromatic carbocycles. The van der Waals surface area contributed by atoms with Crippen molar-refractivity contribution in [3.8, 4) is 0 Å². The monoisotopic (exact) mass is 510 g/mol. The van der Waals surface area contributed by atoms with Gasteiger partial charge in [0.05, 0.1) is 0 Å². The molecule has 3 aromatic rings. The van der Waals surface area contributed by atoms with Gasteiger partial charge in [-0.25, -0.2) is 0 Å². The van der Waals surface area contributed by atoms with Gasteiger partial charge in [-0.15, -0.1) is 0 Å². The van der Waals surface area contributed by atoms with Crippen LogP contribution in [0.5, 0.6) is 0 Å². The van der Waals surface area contributed by atoms with E-state index in [1.165, 1.54) is 0 Å². The fourth-order valence-corrected chi connectivity index (χ4v) is 23.4. The minimum atomic E-state index is 0.661. The quantitative estimate of drug-likeness (QED) is 0.467. The Bertz CT molecular complexity index is 645. The zero-order valence-corrected chi connectivity index (χ0v) is 18.3. The van der Waals surface area contributed by atoms with Crippen LogP contribution >= 0.6 is 0 Å². The first-order valence-electron chi connectivity index (χ1n) is 8.01. The summed E-state index contributed by atoms with van der Waals surface area (Å²) in [6.45, 7) is 0. The molecule has 0 spiro atoms. The Hall–Kier alpha value is -0.782. The van der Waals surface area contributed by atoms with Crippen molar-refractivity contribution in [3.05, 3.63) is 108 Å². The van der Waals surface area contributed by atoms with Gasteiger partial charge in [-0.1, -0.05) is 0 Å². The summed E-state index contributed by atoms with van der Waals surface area (Å²) in [4.78, 5) is 0. The molecule has 24 heavy (non-hydrogen) atoms. The van der Waals surface area contributed by atoms with Gasteiger partial charge in [-0.2, -0.15) is 0 Å². The van der Waals surface area contributed by atoms with Gasteiger partial charge in [0.25, 0.3) is 0 Å². The summed E-state index contributed by atoms with van der Waals surface area (Å²) in [6.07, 6.45) is 0. The van der Waals surface area contributed by atoms with Crippen molar-refractivity contribution in [1.82, 2.24) is 0 Å². The van der Waals surface area contributed by atoms with Crippen LogP contribution in [0.2, 0.25) is 0 Å². The number of hydrogen-bond acceptors (Lipinski definition) is 0. The Labute approximate surface area is 162 Å². The molecule has 0 radical (unpaired) electrons. The molecule has 0 unspecified atom stereocenters. The summed E-state index contributed by atoms with van der Waals surface area (Å²) in [5.41, 5.74) is 4.69. The topological polar surface area (TPSA) is 0 Å². The summed E-state index contributed by atoms with van der Waals surface area (Å²) in [6, 6.07) is 33.7. The molecule has 3 heteroatoms. The molecule has 0 nitrogen and oxygen atoms in total. The van der Waals surface area contributed by atoms with E-state index in [1.807, 2.05) is 0 Å². The fraction of sp³-hybridized carbons (Fsp3) is 0.143. The average Bonchev–Trinajstić information content (AvgIpc) is 2.70. The number of hydrogen-bond donors (Lipinski definition) is 0. The van der Waals surface area contributed by atoms with Crippen molar-refractivity contribution in [3.63, 3.8) is 0 Å². The summed E-state index contributed by atoms with van der Waals surface area (Å²) < 4.78 is 2.37. The minimum absolute atomic E-state index is 0.661. The molecule has 4 rings (SSSR count). The molecule has 1 aliphatic heterocycles. The molecule has 0 atom stereocenters. The van der Waals surface area contributed by atoms with Crippen LogP contribution < -0.4 is 0 Å². The van der Waals surface area contributed by atoms with E-state index in [0.29, 0.717) is 44.9 Å². The second-order valence-electron chi connectivity index (χ2n) is 5.64. The van der Waals surface area contributed by atoms with Crippen molar-refractivity contribution < 1.29 is 0 Å². The number of benzene rings is 3. The van der Waals surface area contributed by atoms with E-state index in [2.05, 4.69) is 91.0 Å². The molecule has 0 aromatic heterocycles. The van der Waals surface area contributed by atoms with Gasteiger partial charge in [0.2, 0.25) is 0 Å². The summed E-state index contributed by atoms with van der Waals surface area (Å²) >= 11 is 1.98. The molecule has 0 saturated carbocycles. The molecule has 1 heterocycles. The molecule has 1 fully saturated rings. The third kappa shape index (κ3) is 3.89. The van der Waals surface area contributed by atoms with E-state index in [9.17, 15) is 0 Å². The zero-order chi connectivity index (χ0) is 16.2. The van der Waals surface area contributed by atoms with E-state index in [0.717, 1.165) is 11.1 Å². The normalized spacial score (nSPS) is 23.8. The Morgan fingerprint density at radius 1 is 0.375 bits per heavy atom. The van der Waals surface area contributed by atoms with Crippen LogP contribution in [-0.2, 0) is 0 Å². The van der Waals surface area contributed by atoms with E-state index in [-0.39, 0.29) is 0 Å². The second-order valence-corrected chi connectivity index (χ2v) is 17.8. The van der Waals surface area contributed by atoms with Crippen LogP contribution in [0, 0.1) is 0 Å². The maximum atomic E-state index is 2.34. The second kappa shape index (κ2) is 8.06. The van der Waals surface area contributed by atoms with Gasteiger partial charge in [0, 0.05) is 0 Å². The third-order valence-electron chi connectivity index (χ3n) is 3.96. The first-order chi connectivity index (χ1) is 11.9. The zero-order valence-electron chi connectivity index (χ0n) is 13.1. The van der Waals surface area contributed by atoms with Gasteiger partial charge >= 0.3 is 164 Å². The van der Waals surface area contributed by atoms with Crippen molar-refractivity contribution in [1.29, 1.82) is 0 Å². The molecule has 1 saturated heterocycles. The van der Waals surface area contributed by atoms with E-state index < -0.39 is 0 Å². The molecule has 1 aliphatic rings. The molecule has 0 aliphatic carbocycles. The predicted molar refractivity (Wildman–Crippen MR) is 105 cm³/mol. The van der Waals surface area contributed by atoms with Crippen LogP contribution in [0.1, 0.15) is 27.8 Å². The summed E-state index contributed by atoms with van der Waals surface area (Å²) in [5.74, 6) is 0. The molecule has 120 valence electrons. The Kier molecular flexibility index (Phi) is 5.60. The van der Waals surface area contributed by atoms with Gasteiger partial charge in [-0.05, 0) is 0 Å². The van der Waals surface area contributed by atoms with Crippen LogP contribution in [0.4, 0.5) is 0 Å². The molecule has 0 N–H and O–H groups in total. The van der Waals surface area contributed by atoms with E-state index in [4.69, 9.17) is 0 Å². The van der Waals surface area contributed by atoms with Gasteiger partial charge < -0.3 is 0 Å². The number of rotatable bonds is 3.